The average molecular weight is 705 g/mol. The zero-order valence-corrected chi connectivity index (χ0v) is 24.5. The number of aliphatic hydroxyl groups excluding tert-OH is 1. The zero-order valence-electron chi connectivity index (χ0n) is 22.1. The van der Waals surface area contributed by atoms with Gasteiger partial charge in [0.2, 0.25) is 5.76 Å². The number of benzene rings is 3. The molecule has 0 bridgehead atoms. The molecule has 215 valence electrons. The van der Waals surface area contributed by atoms with Crippen LogP contribution in [0.1, 0.15) is 31.8 Å². The molecule has 3 aromatic rings. The van der Waals surface area contributed by atoms with Gasteiger partial charge in [0.1, 0.15) is 12.7 Å². The smallest absolute Gasteiger partial charge is 0.448 e. The van der Waals surface area contributed by atoms with Gasteiger partial charge < -0.3 is 24.8 Å². The summed E-state index contributed by atoms with van der Waals surface area (Å²) in [6.07, 6.45) is -5.42. The van der Waals surface area contributed by atoms with E-state index in [2.05, 4.69) is 5.32 Å². The van der Waals surface area contributed by atoms with Gasteiger partial charge in [0.15, 0.2) is 17.3 Å². The minimum atomic E-state index is -5.02. The van der Waals surface area contributed by atoms with Crippen LogP contribution in [0.5, 0.6) is 0 Å². The van der Waals surface area contributed by atoms with Crippen LogP contribution in [0.4, 0.5) is 18.9 Å². The number of anilines is 1. The summed E-state index contributed by atoms with van der Waals surface area (Å²) in [6, 6.07) is 22.4. The molecule has 0 aromatic heterocycles. The van der Waals surface area contributed by atoms with Crippen LogP contribution in [0, 0.1) is 49.4 Å². The van der Waals surface area contributed by atoms with E-state index in [9.17, 15) is 22.8 Å². The number of nitrogens with one attached hydrogen (secondary N) is 1. The van der Waals surface area contributed by atoms with Crippen LogP contribution in [0.3, 0.4) is 0 Å². The number of nitrogens with zero attached hydrogens (tertiary/aromatic N) is 1. The summed E-state index contributed by atoms with van der Waals surface area (Å²) >= 11 is 0. The molecule has 1 amide bonds. The second-order valence-electron chi connectivity index (χ2n) is 9.20. The Morgan fingerprint density at radius 2 is 1.51 bits per heavy atom. The van der Waals surface area contributed by atoms with Gasteiger partial charge in [-0.3, -0.25) is 9.59 Å². The topological polar surface area (TPSA) is 88.1 Å². The maximum atomic E-state index is 12.7. The quantitative estimate of drug-likeness (QED) is 0.180. The number of amides is 1. The van der Waals surface area contributed by atoms with Crippen LogP contribution >= 0.6 is 0 Å². The van der Waals surface area contributed by atoms with E-state index in [0.29, 0.717) is 11.5 Å². The monoisotopic (exact) mass is 705 g/mol. The van der Waals surface area contributed by atoms with Crippen molar-refractivity contribution >= 4 is 28.9 Å². The molecule has 1 radical (unpaired) electrons. The number of carbonyl (C=O) groups is 2. The van der Waals surface area contributed by atoms with E-state index >= 15 is 0 Å². The molecule has 0 spiro atoms. The summed E-state index contributed by atoms with van der Waals surface area (Å²) in [7, 11) is 3.91. The van der Waals surface area contributed by atoms with E-state index in [0.717, 1.165) is 16.8 Å². The van der Waals surface area contributed by atoms with Gasteiger partial charge in [-0.05, 0) is 36.4 Å². The standard InChI is InChI=1S/C30H27F3N2O5.Eu/c1-35(2)23-14-12-21(13-15-23)27-28(20-6-4-3-5-7-20)40-24(18-39-27)17-34-29(38)22-10-8-19(9-11-22)25(36)16-26(37)30(31,32)33;/h3-16,24,37H,17-18H2,1-2H3,(H,34,38);. The molecule has 7 nitrogen and oxygen atoms in total. The van der Waals surface area contributed by atoms with E-state index in [-0.39, 0.29) is 79.7 Å². The fourth-order valence-corrected chi connectivity index (χ4v) is 3.89. The Morgan fingerprint density at radius 1 is 0.927 bits per heavy atom. The van der Waals surface area contributed by atoms with Crippen LogP contribution in [0.2, 0.25) is 0 Å². The van der Waals surface area contributed by atoms with Crippen molar-refractivity contribution < 1.29 is 86.7 Å². The van der Waals surface area contributed by atoms with Crippen molar-refractivity contribution in [2.45, 2.75) is 12.3 Å². The summed E-state index contributed by atoms with van der Waals surface area (Å²) < 4.78 is 49.8. The third kappa shape index (κ3) is 8.44. The molecule has 1 aliphatic rings. The van der Waals surface area contributed by atoms with Crippen molar-refractivity contribution in [3.63, 3.8) is 0 Å². The fraction of sp³-hybridized carbons (Fsp3) is 0.200. The Morgan fingerprint density at radius 3 is 2.10 bits per heavy atom. The summed E-state index contributed by atoms with van der Waals surface area (Å²) in [4.78, 5) is 26.7. The summed E-state index contributed by atoms with van der Waals surface area (Å²) in [5.74, 6) is -2.37. The molecule has 1 unspecified atom stereocenters. The first-order chi connectivity index (χ1) is 19.0. The third-order valence-electron chi connectivity index (χ3n) is 6.07. The summed E-state index contributed by atoms with van der Waals surface area (Å²) in [5, 5.41) is 11.7. The number of carbonyl (C=O) groups excluding carboxylic acids is 2. The van der Waals surface area contributed by atoms with E-state index in [1.165, 1.54) is 24.3 Å². The van der Waals surface area contributed by atoms with Crippen molar-refractivity contribution in [3.8, 4) is 0 Å². The van der Waals surface area contributed by atoms with Gasteiger partial charge in [-0.15, -0.1) is 0 Å². The predicted octanol–water partition coefficient (Wildman–Crippen LogP) is 5.61. The number of aliphatic hydroxyl groups is 1. The molecule has 0 aliphatic carbocycles. The second kappa shape index (κ2) is 14.2. The van der Waals surface area contributed by atoms with Crippen molar-refractivity contribution in [1.29, 1.82) is 0 Å². The molecule has 0 saturated heterocycles. The van der Waals surface area contributed by atoms with Crippen LogP contribution < -0.4 is 10.2 Å². The van der Waals surface area contributed by atoms with E-state index in [1.54, 1.807) is 0 Å². The Labute approximate surface area is 276 Å². The molecule has 11 heteroatoms. The Kier molecular flexibility index (Phi) is 11.2. The molecule has 1 atom stereocenters. The van der Waals surface area contributed by atoms with Gasteiger partial charge in [0, 0.05) is 97.5 Å². The van der Waals surface area contributed by atoms with Crippen molar-refractivity contribution in [2.75, 3.05) is 32.1 Å². The van der Waals surface area contributed by atoms with Gasteiger partial charge in [-0.25, -0.2) is 0 Å². The second-order valence-corrected chi connectivity index (χ2v) is 9.20. The SMILES string of the molecule is CN(C)c1ccc(C2=C(c3ccccc3)OC(CNC(=O)c3ccc(C(=O)C=C(O)C(F)(F)F)cc3)CO2)cc1.[Eu]. The largest absolute Gasteiger partial charge is 0.504 e. The van der Waals surface area contributed by atoms with Gasteiger partial charge >= 0.3 is 6.18 Å². The maximum Gasteiger partial charge on any atom is 0.448 e. The predicted molar refractivity (Wildman–Crippen MR) is 145 cm³/mol. The van der Waals surface area contributed by atoms with E-state index < -0.39 is 29.7 Å². The molecule has 41 heavy (non-hydrogen) atoms. The number of alkyl halides is 3. The van der Waals surface area contributed by atoms with Gasteiger partial charge in [-0.1, -0.05) is 42.5 Å². The van der Waals surface area contributed by atoms with Gasteiger partial charge in [0.05, 0.1) is 6.54 Å². The molecular weight excluding hydrogens is 677 g/mol. The summed E-state index contributed by atoms with van der Waals surface area (Å²) in [5.41, 5.74) is 2.78. The third-order valence-corrected chi connectivity index (χ3v) is 6.07. The van der Waals surface area contributed by atoms with E-state index in [1.807, 2.05) is 73.6 Å². The minimum Gasteiger partial charge on any atom is -0.504 e. The number of ether oxygens (including phenoxy) is 2. The van der Waals surface area contributed by atoms with Crippen LogP contribution in [0.25, 0.3) is 11.5 Å². The molecule has 4 rings (SSSR count). The maximum absolute atomic E-state index is 12.7. The van der Waals surface area contributed by atoms with E-state index in [4.69, 9.17) is 14.6 Å². The zero-order chi connectivity index (χ0) is 28.9. The number of allylic oxidation sites excluding steroid dienone is 2. The Bertz CT molecular complexity index is 1420. The molecule has 1 aliphatic heterocycles. The molecule has 0 saturated carbocycles. The molecule has 2 N–H and O–H groups in total. The normalized spacial score (nSPS) is 15.2. The first-order valence-corrected chi connectivity index (χ1v) is 12.3. The molecule has 1 heterocycles. The minimum absolute atomic E-state index is 0. The van der Waals surface area contributed by atoms with Crippen LogP contribution in [-0.4, -0.2) is 56.3 Å². The Balaban J connectivity index is 0.00000462. The van der Waals surface area contributed by atoms with Crippen molar-refractivity contribution in [1.82, 2.24) is 5.32 Å². The molecule has 0 fully saturated rings. The van der Waals surface area contributed by atoms with Crippen LogP contribution in [-0.2, 0) is 9.47 Å². The number of rotatable bonds is 8. The average Bonchev–Trinajstić information content (AvgIpc) is 2.95. The van der Waals surface area contributed by atoms with Gasteiger partial charge in [0.25, 0.3) is 5.91 Å². The molecular formula is C30H27EuF3N2O5. The Hall–Kier alpha value is -3.15. The summed E-state index contributed by atoms with van der Waals surface area (Å²) in [6.45, 7) is 0.300. The number of halogens is 3. The fourth-order valence-electron chi connectivity index (χ4n) is 3.89. The first-order valence-electron chi connectivity index (χ1n) is 12.3. The first kappa shape index (κ1) is 32.4. The van der Waals surface area contributed by atoms with Crippen LogP contribution in [0.15, 0.2) is 90.7 Å². The van der Waals surface area contributed by atoms with Gasteiger partial charge in [-0.2, -0.15) is 13.2 Å². The van der Waals surface area contributed by atoms with Crippen molar-refractivity contribution in [2.24, 2.45) is 0 Å². The number of ketones is 1. The van der Waals surface area contributed by atoms with Crippen molar-refractivity contribution in [3.05, 3.63) is 113 Å². The number of hydrogen-bond donors (Lipinski definition) is 2. The number of hydrogen-bond acceptors (Lipinski definition) is 6. The molecule has 3 aromatic carbocycles.